The zero-order valence-electron chi connectivity index (χ0n) is 13.3. The third kappa shape index (κ3) is 2.65. The van der Waals surface area contributed by atoms with E-state index in [-0.39, 0.29) is 18.1 Å². The summed E-state index contributed by atoms with van der Waals surface area (Å²) in [5.41, 5.74) is 0. The minimum atomic E-state index is -0.0733. The van der Waals surface area contributed by atoms with Crippen LogP contribution in [0.15, 0.2) is 16.5 Å². The first-order valence-electron chi connectivity index (χ1n) is 8.00. The molecular weight excluding hydrogens is 296 g/mol. The number of H-pyrrole nitrogens is 1. The van der Waals surface area contributed by atoms with E-state index in [1.807, 2.05) is 24.8 Å². The van der Waals surface area contributed by atoms with E-state index in [9.17, 15) is 4.79 Å². The topological polar surface area (TPSA) is 84.2 Å². The Bertz CT molecular complexity index is 722. The van der Waals surface area contributed by atoms with Gasteiger partial charge in [0.2, 0.25) is 0 Å². The van der Waals surface area contributed by atoms with Crippen LogP contribution in [0, 0.1) is 19.8 Å². The van der Waals surface area contributed by atoms with Gasteiger partial charge in [-0.05, 0) is 44.7 Å². The maximum absolute atomic E-state index is 12.5. The number of hydrogen-bond acceptors (Lipinski definition) is 5. The lowest BCUT2D eigenvalue weighted by Crippen LogP contribution is -2.45. The van der Waals surface area contributed by atoms with Gasteiger partial charge in [0.25, 0.3) is 5.91 Å². The van der Waals surface area contributed by atoms with Gasteiger partial charge in [0, 0.05) is 13.1 Å². The minimum Gasteiger partial charge on any atom is -0.456 e. The number of piperidine rings is 1. The number of fused-ring (bicyclic) bond motifs is 1. The minimum absolute atomic E-state index is 0.0487. The first kappa shape index (κ1) is 14.4. The average molecular weight is 316 g/mol. The molecule has 2 fully saturated rings. The van der Waals surface area contributed by atoms with Crippen molar-refractivity contribution in [3.05, 3.63) is 35.3 Å². The molecule has 122 valence electrons. The second-order valence-corrected chi connectivity index (χ2v) is 6.39. The molecule has 3 atom stereocenters. The molecule has 2 aromatic rings. The van der Waals surface area contributed by atoms with Crippen molar-refractivity contribution in [2.45, 2.75) is 38.9 Å². The number of likely N-dealkylation sites (tertiary alicyclic amines) is 1. The van der Waals surface area contributed by atoms with Crippen molar-refractivity contribution in [2.24, 2.45) is 5.92 Å². The van der Waals surface area contributed by atoms with Crippen LogP contribution in [0.3, 0.4) is 0 Å². The van der Waals surface area contributed by atoms with Gasteiger partial charge in [-0.25, -0.2) is 4.98 Å². The average Bonchev–Trinajstić information content (AvgIpc) is 3.24. The summed E-state index contributed by atoms with van der Waals surface area (Å²) in [6, 6.07) is 3.55. The quantitative estimate of drug-likeness (QED) is 0.916. The maximum atomic E-state index is 12.5. The molecule has 7 heteroatoms. The van der Waals surface area contributed by atoms with Crippen molar-refractivity contribution in [1.29, 1.82) is 0 Å². The third-order valence-corrected chi connectivity index (χ3v) is 4.69. The van der Waals surface area contributed by atoms with E-state index in [1.54, 1.807) is 6.07 Å². The van der Waals surface area contributed by atoms with E-state index in [4.69, 9.17) is 9.15 Å². The van der Waals surface area contributed by atoms with Gasteiger partial charge < -0.3 is 14.1 Å². The number of rotatable bonds is 2. The summed E-state index contributed by atoms with van der Waals surface area (Å²) in [5.74, 6) is 3.07. The Kier molecular flexibility index (Phi) is 3.45. The second kappa shape index (κ2) is 5.49. The lowest BCUT2D eigenvalue weighted by Gasteiger charge is -2.33. The highest BCUT2D eigenvalue weighted by atomic mass is 16.5. The van der Waals surface area contributed by atoms with E-state index in [0.29, 0.717) is 18.2 Å². The van der Waals surface area contributed by atoms with Crippen LogP contribution in [-0.4, -0.2) is 45.2 Å². The number of nitrogens with zero attached hydrogens (tertiary/aromatic N) is 3. The number of furan rings is 1. The van der Waals surface area contributed by atoms with Crippen molar-refractivity contribution in [2.75, 3.05) is 13.1 Å². The Morgan fingerprint density at radius 2 is 2.26 bits per heavy atom. The number of hydrogen-bond donors (Lipinski definition) is 1. The third-order valence-electron chi connectivity index (χ3n) is 4.69. The van der Waals surface area contributed by atoms with Crippen LogP contribution in [0.4, 0.5) is 0 Å². The van der Waals surface area contributed by atoms with E-state index in [1.165, 1.54) is 0 Å². The molecule has 0 aliphatic carbocycles. The number of carbonyl (C=O) groups excluding carboxylic acids is 1. The summed E-state index contributed by atoms with van der Waals surface area (Å²) in [5, 5.41) is 7.06. The van der Waals surface area contributed by atoms with Gasteiger partial charge in [-0.2, -0.15) is 5.10 Å². The summed E-state index contributed by atoms with van der Waals surface area (Å²) in [7, 11) is 0. The molecule has 0 aromatic carbocycles. The van der Waals surface area contributed by atoms with Crippen molar-refractivity contribution < 1.29 is 13.9 Å². The van der Waals surface area contributed by atoms with Gasteiger partial charge in [-0.3, -0.25) is 9.89 Å². The van der Waals surface area contributed by atoms with Gasteiger partial charge in [0.05, 0.1) is 6.10 Å². The number of nitrogens with one attached hydrogen (secondary N) is 1. The summed E-state index contributed by atoms with van der Waals surface area (Å²) in [6.45, 7) is 5.06. The largest absolute Gasteiger partial charge is 0.456 e. The zero-order valence-corrected chi connectivity index (χ0v) is 13.3. The first-order valence-corrected chi connectivity index (χ1v) is 8.00. The molecule has 2 aliphatic heterocycles. The van der Waals surface area contributed by atoms with E-state index in [0.717, 1.165) is 36.8 Å². The van der Waals surface area contributed by atoms with Crippen LogP contribution < -0.4 is 0 Å². The predicted octanol–water partition coefficient (Wildman–Crippen LogP) is 2.01. The zero-order chi connectivity index (χ0) is 16.0. The molecular formula is C16H20N4O3. The molecule has 4 rings (SSSR count). The Balaban J connectivity index is 1.44. The Hall–Kier alpha value is -2.15. The fraction of sp³-hybridized carbons (Fsp3) is 0.562. The molecule has 2 saturated heterocycles. The highest BCUT2D eigenvalue weighted by Crippen LogP contribution is 2.40. The number of carbonyl (C=O) groups is 1. The molecule has 1 unspecified atom stereocenters. The van der Waals surface area contributed by atoms with Gasteiger partial charge in [0.15, 0.2) is 11.6 Å². The van der Waals surface area contributed by atoms with Crippen molar-refractivity contribution >= 4 is 5.91 Å². The summed E-state index contributed by atoms with van der Waals surface area (Å²) >= 11 is 0. The van der Waals surface area contributed by atoms with Gasteiger partial charge in [-0.1, -0.05) is 0 Å². The molecule has 23 heavy (non-hydrogen) atoms. The van der Waals surface area contributed by atoms with Crippen LogP contribution in [0.25, 0.3) is 0 Å². The summed E-state index contributed by atoms with van der Waals surface area (Å²) in [4.78, 5) is 18.7. The number of aryl methyl sites for hydroxylation is 2. The molecule has 7 nitrogen and oxygen atoms in total. The first-order chi connectivity index (χ1) is 11.1. The van der Waals surface area contributed by atoms with Gasteiger partial charge in [-0.15, -0.1) is 0 Å². The predicted molar refractivity (Wildman–Crippen MR) is 80.8 cm³/mol. The lowest BCUT2D eigenvalue weighted by molar-refractivity contribution is -0.00762. The van der Waals surface area contributed by atoms with Crippen LogP contribution in [-0.2, 0) is 4.74 Å². The highest BCUT2D eigenvalue weighted by molar-refractivity contribution is 5.91. The van der Waals surface area contributed by atoms with Crippen LogP contribution in [0.2, 0.25) is 0 Å². The van der Waals surface area contributed by atoms with Crippen LogP contribution in [0.5, 0.6) is 0 Å². The smallest absolute Gasteiger partial charge is 0.289 e. The molecule has 0 radical (unpaired) electrons. The van der Waals surface area contributed by atoms with E-state index < -0.39 is 0 Å². The molecule has 0 bridgehead atoms. The van der Waals surface area contributed by atoms with Crippen LogP contribution in [0.1, 0.15) is 46.9 Å². The summed E-state index contributed by atoms with van der Waals surface area (Å²) in [6.07, 6.45) is 1.84. The molecule has 1 amide bonds. The molecule has 0 spiro atoms. The molecule has 2 aromatic heterocycles. The summed E-state index contributed by atoms with van der Waals surface area (Å²) < 4.78 is 11.6. The SMILES string of the molecule is Cc1nc([C@H]2CC3CCN(C(=O)c4ccc(C)o4)C[C@H]3O2)n[nH]1. The van der Waals surface area contributed by atoms with E-state index >= 15 is 0 Å². The molecule has 4 heterocycles. The fourth-order valence-corrected chi connectivity index (χ4v) is 3.49. The Morgan fingerprint density at radius 3 is 2.96 bits per heavy atom. The number of aromatic amines is 1. The normalized spacial score (nSPS) is 27.2. The van der Waals surface area contributed by atoms with Crippen molar-refractivity contribution in [3.63, 3.8) is 0 Å². The van der Waals surface area contributed by atoms with Gasteiger partial charge in [0.1, 0.15) is 17.7 Å². The monoisotopic (exact) mass is 316 g/mol. The second-order valence-electron chi connectivity index (χ2n) is 6.39. The molecule has 2 aliphatic rings. The van der Waals surface area contributed by atoms with E-state index in [2.05, 4.69) is 15.2 Å². The number of aromatic nitrogens is 3. The number of ether oxygens (including phenoxy) is 1. The van der Waals surface area contributed by atoms with Crippen LogP contribution >= 0.6 is 0 Å². The Morgan fingerprint density at radius 1 is 1.39 bits per heavy atom. The molecule has 0 saturated carbocycles. The Labute approximate surface area is 134 Å². The van der Waals surface area contributed by atoms with Gasteiger partial charge >= 0.3 is 0 Å². The highest BCUT2D eigenvalue weighted by Gasteiger charge is 2.42. The maximum Gasteiger partial charge on any atom is 0.289 e. The fourth-order valence-electron chi connectivity index (χ4n) is 3.49. The lowest BCUT2D eigenvalue weighted by atomic mass is 9.91. The van der Waals surface area contributed by atoms with Crippen molar-refractivity contribution in [1.82, 2.24) is 20.1 Å². The molecule has 1 N–H and O–H groups in total. The standard InChI is InChI=1S/C16H20N4O3/c1-9-3-4-12(22-9)16(21)20-6-5-11-7-13(23-14(11)8-20)15-17-10(2)18-19-15/h3-4,11,13-14H,5-8H2,1-2H3,(H,17,18,19)/t11?,13-,14-/m1/s1. The number of amides is 1. The van der Waals surface area contributed by atoms with Crippen molar-refractivity contribution in [3.8, 4) is 0 Å².